The van der Waals surface area contributed by atoms with Crippen LogP contribution < -0.4 is 0 Å². The zero-order valence-electron chi connectivity index (χ0n) is 13.3. The van der Waals surface area contributed by atoms with E-state index in [9.17, 15) is 5.11 Å². The van der Waals surface area contributed by atoms with E-state index in [0.717, 1.165) is 33.3 Å². The highest BCUT2D eigenvalue weighted by molar-refractivity contribution is 6.15. The average Bonchev–Trinajstić information content (AvgIpc) is 2.93. The van der Waals surface area contributed by atoms with Gasteiger partial charge in [-0.2, -0.15) is 0 Å². The maximum Gasteiger partial charge on any atom is 0.0857 e. The summed E-state index contributed by atoms with van der Waals surface area (Å²) in [5.41, 5.74) is 4.70. The van der Waals surface area contributed by atoms with Gasteiger partial charge >= 0.3 is 0 Å². The van der Waals surface area contributed by atoms with Gasteiger partial charge in [-0.05, 0) is 25.5 Å². The Bertz CT molecular complexity index is 888. The van der Waals surface area contributed by atoms with E-state index in [1.165, 1.54) is 0 Å². The summed E-state index contributed by atoms with van der Waals surface area (Å²) in [5, 5.41) is 19.8. The molecule has 1 aromatic heterocycles. The van der Waals surface area contributed by atoms with E-state index in [4.69, 9.17) is 5.41 Å². The van der Waals surface area contributed by atoms with Crippen LogP contribution in [0.2, 0.25) is 0 Å². The first kappa shape index (κ1) is 15.3. The number of nitrogens with one attached hydrogen (secondary N) is 2. The van der Waals surface area contributed by atoms with Gasteiger partial charge in [0.05, 0.1) is 17.5 Å². The van der Waals surface area contributed by atoms with Gasteiger partial charge in [-0.15, -0.1) is 0 Å². The normalized spacial score (nSPS) is 12.8. The maximum absolute atomic E-state index is 9.99. The first-order valence-corrected chi connectivity index (χ1v) is 7.73. The van der Waals surface area contributed by atoms with E-state index in [0.29, 0.717) is 5.71 Å². The zero-order valence-corrected chi connectivity index (χ0v) is 13.3. The molecule has 0 bridgehead atoms. The number of hydrogen-bond donors (Lipinski definition) is 3. The van der Waals surface area contributed by atoms with Crippen LogP contribution >= 0.6 is 0 Å². The van der Waals surface area contributed by atoms with Crippen molar-refractivity contribution in [1.29, 1.82) is 5.41 Å². The number of H-pyrrole nitrogens is 1. The van der Waals surface area contributed by atoms with Crippen LogP contribution in [0.3, 0.4) is 0 Å². The standard InChI is InChI=1S/C20H20N2O/c1-3-8-17-15-10-6-7-12-18(15)22-20(17)19(21)16-11-5-4-9-14(16)13(2)23/h3-13,21-23H,1-2H3/b8-3-,21-19?. The van der Waals surface area contributed by atoms with Crippen LogP contribution in [0.1, 0.15) is 42.3 Å². The monoisotopic (exact) mass is 304 g/mol. The lowest BCUT2D eigenvalue weighted by Crippen LogP contribution is -2.09. The fraction of sp³-hybridized carbons (Fsp3) is 0.150. The van der Waals surface area contributed by atoms with Gasteiger partial charge in [0.2, 0.25) is 0 Å². The Kier molecular flexibility index (Phi) is 4.13. The summed E-state index contributed by atoms with van der Waals surface area (Å²) in [6.07, 6.45) is 3.39. The van der Waals surface area contributed by atoms with Crippen molar-refractivity contribution in [3.8, 4) is 0 Å². The van der Waals surface area contributed by atoms with E-state index < -0.39 is 6.10 Å². The molecule has 0 aliphatic carbocycles. The lowest BCUT2D eigenvalue weighted by Gasteiger charge is -2.13. The van der Waals surface area contributed by atoms with Crippen molar-refractivity contribution in [2.75, 3.05) is 0 Å². The molecule has 0 amide bonds. The number of rotatable bonds is 4. The van der Waals surface area contributed by atoms with Gasteiger partial charge in [-0.1, -0.05) is 54.6 Å². The van der Waals surface area contributed by atoms with Crippen molar-refractivity contribution in [1.82, 2.24) is 4.98 Å². The largest absolute Gasteiger partial charge is 0.389 e. The van der Waals surface area contributed by atoms with Crippen LogP contribution in [-0.2, 0) is 0 Å². The fourth-order valence-electron chi connectivity index (χ4n) is 2.92. The van der Waals surface area contributed by atoms with Crippen molar-refractivity contribution in [3.05, 3.63) is 77.0 Å². The van der Waals surface area contributed by atoms with Crippen molar-refractivity contribution < 1.29 is 5.11 Å². The van der Waals surface area contributed by atoms with Crippen molar-refractivity contribution in [2.24, 2.45) is 0 Å². The van der Waals surface area contributed by atoms with Crippen LogP contribution in [0.15, 0.2) is 54.6 Å². The van der Waals surface area contributed by atoms with E-state index in [-0.39, 0.29) is 0 Å². The molecule has 0 aliphatic heterocycles. The Labute approximate surface area is 135 Å². The molecule has 3 N–H and O–H groups in total. The maximum atomic E-state index is 9.99. The second-order valence-electron chi connectivity index (χ2n) is 5.60. The van der Waals surface area contributed by atoms with Gasteiger partial charge in [0, 0.05) is 22.0 Å². The lowest BCUT2D eigenvalue weighted by molar-refractivity contribution is 0.199. The Balaban J connectivity index is 2.21. The Morgan fingerprint density at radius 2 is 1.83 bits per heavy atom. The summed E-state index contributed by atoms with van der Waals surface area (Å²) >= 11 is 0. The molecule has 3 aromatic rings. The number of allylic oxidation sites excluding steroid dienone is 1. The number of aliphatic hydroxyl groups is 1. The van der Waals surface area contributed by atoms with Crippen molar-refractivity contribution >= 4 is 22.7 Å². The van der Waals surface area contributed by atoms with Crippen LogP contribution in [-0.4, -0.2) is 15.8 Å². The van der Waals surface area contributed by atoms with Crippen LogP contribution in [0.5, 0.6) is 0 Å². The fourth-order valence-corrected chi connectivity index (χ4v) is 2.92. The lowest BCUT2D eigenvalue weighted by atomic mass is 9.96. The summed E-state index contributed by atoms with van der Waals surface area (Å²) in [4.78, 5) is 3.36. The van der Waals surface area contributed by atoms with Gasteiger partial charge in [-0.25, -0.2) is 0 Å². The molecular weight excluding hydrogens is 284 g/mol. The highest BCUT2D eigenvalue weighted by Crippen LogP contribution is 2.28. The number of hydrogen-bond acceptors (Lipinski definition) is 2. The van der Waals surface area contributed by atoms with Crippen LogP contribution in [0.25, 0.3) is 17.0 Å². The molecule has 3 nitrogen and oxygen atoms in total. The molecule has 3 heteroatoms. The Morgan fingerprint density at radius 3 is 2.57 bits per heavy atom. The molecule has 1 unspecified atom stereocenters. The van der Waals surface area contributed by atoms with E-state index in [2.05, 4.69) is 11.1 Å². The first-order chi connectivity index (χ1) is 11.1. The van der Waals surface area contributed by atoms with Crippen molar-refractivity contribution in [2.45, 2.75) is 20.0 Å². The molecule has 0 aliphatic rings. The number of aromatic amines is 1. The van der Waals surface area contributed by atoms with Gasteiger partial charge in [-0.3, -0.25) is 5.41 Å². The predicted octanol–water partition coefficient (Wildman–Crippen LogP) is 4.67. The molecule has 3 rings (SSSR count). The Hall–Kier alpha value is -2.65. The SMILES string of the molecule is C/C=C\c1c(C(=N)c2ccccc2C(C)O)[nH]c2ccccc12. The third kappa shape index (κ3) is 2.71. The molecule has 0 fully saturated rings. The molecule has 0 saturated heterocycles. The molecule has 116 valence electrons. The van der Waals surface area contributed by atoms with E-state index in [1.807, 2.05) is 61.5 Å². The number of aliphatic hydroxyl groups excluding tert-OH is 1. The topological polar surface area (TPSA) is 59.9 Å². The zero-order chi connectivity index (χ0) is 16.4. The van der Waals surface area contributed by atoms with Crippen LogP contribution in [0.4, 0.5) is 0 Å². The quantitative estimate of drug-likeness (QED) is 0.603. The number of benzene rings is 2. The third-order valence-electron chi connectivity index (χ3n) is 4.01. The third-order valence-corrected chi connectivity index (χ3v) is 4.01. The number of aromatic nitrogens is 1. The minimum atomic E-state index is -0.610. The molecule has 0 saturated carbocycles. The summed E-state index contributed by atoms with van der Waals surface area (Å²) in [6, 6.07) is 15.6. The van der Waals surface area contributed by atoms with Gasteiger partial charge in [0.25, 0.3) is 0 Å². The smallest absolute Gasteiger partial charge is 0.0857 e. The minimum Gasteiger partial charge on any atom is -0.389 e. The molecule has 1 atom stereocenters. The second kappa shape index (κ2) is 6.23. The van der Waals surface area contributed by atoms with Crippen molar-refractivity contribution in [3.63, 3.8) is 0 Å². The van der Waals surface area contributed by atoms with Crippen LogP contribution in [0, 0.1) is 5.41 Å². The summed E-state index contributed by atoms with van der Waals surface area (Å²) in [6.45, 7) is 3.70. The summed E-state index contributed by atoms with van der Waals surface area (Å²) in [7, 11) is 0. The molecule has 2 aromatic carbocycles. The number of para-hydroxylation sites is 1. The number of fused-ring (bicyclic) bond motifs is 1. The average molecular weight is 304 g/mol. The molecule has 23 heavy (non-hydrogen) atoms. The predicted molar refractivity (Wildman–Crippen MR) is 96.0 cm³/mol. The second-order valence-corrected chi connectivity index (χ2v) is 5.60. The first-order valence-electron chi connectivity index (χ1n) is 7.73. The highest BCUT2D eigenvalue weighted by Gasteiger charge is 2.18. The molecule has 0 spiro atoms. The summed E-state index contributed by atoms with van der Waals surface area (Å²) in [5.74, 6) is 0. The van der Waals surface area contributed by atoms with E-state index >= 15 is 0 Å². The molecule has 0 radical (unpaired) electrons. The molecular formula is C20H20N2O. The highest BCUT2D eigenvalue weighted by atomic mass is 16.3. The van der Waals surface area contributed by atoms with Gasteiger partial charge < -0.3 is 10.1 Å². The molecule has 1 heterocycles. The minimum absolute atomic E-state index is 0.394. The van der Waals surface area contributed by atoms with Gasteiger partial charge in [0.15, 0.2) is 0 Å². The van der Waals surface area contributed by atoms with Gasteiger partial charge in [0.1, 0.15) is 0 Å². The Morgan fingerprint density at radius 1 is 1.13 bits per heavy atom. The summed E-state index contributed by atoms with van der Waals surface area (Å²) < 4.78 is 0. The van der Waals surface area contributed by atoms with E-state index in [1.54, 1.807) is 6.92 Å².